The summed E-state index contributed by atoms with van der Waals surface area (Å²) in [4.78, 5) is 4.19. The second kappa shape index (κ2) is 3.92. The van der Waals surface area contributed by atoms with E-state index in [4.69, 9.17) is 4.42 Å². The molecule has 1 aromatic rings. The third-order valence-electron chi connectivity index (χ3n) is 2.77. The summed E-state index contributed by atoms with van der Waals surface area (Å²) in [5.41, 5.74) is 1.08. The highest BCUT2D eigenvalue weighted by Gasteiger charge is 2.20. The number of aromatic nitrogens is 1. The first kappa shape index (κ1) is 8.75. The maximum Gasteiger partial charge on any atom is 0.181 e. The quantitative estimate of drug-likeness (QED) is 0.767. The lowest BCUT2D eigenvalue weighted by molar-refractivity contribution is 0.293. The maximum absolute atomic E-state index is 5.37. The number of rotatable bonds is 4. The van der Waals surface area contributed by atoms with Crippen LogP contribution in [0, 0.1) is 5.92 Å². The number of hydrogen-bond acceptors (Lipinski definition) is 3. The predicted molar refractivity (Wildman–Crippen MR) is 50.3 cm³/mol. The highest BCUT2D eigenvalue weighted by atomic mass is 16.3. The third kappa shape index (κ3) is 1.91. The Morgan fingerprint density at radius 2 is 2.46 bits per heavy atom. The van der Waals surface area contributed by atoms with Gasteiger partial charge >= 0.3 is 0 Å². The Balaban J connectivity index is 1.96. The monoisotopic (exact) mass is 180 g/mol. The Morgan fingerprint density at radius 3 is 3.08 bits per heavy atom. The van der Waals surface area contributed by atoms with Gasteiger partial charge in [0.25, 0.3) is 0 Å². The van der Waals surface area contributed by atoms with Gasteiger partial charge in [-0.1, -0.05) is 19.3 Å². The molecule has 1 aliphatic rings. The first-order valence-electron chi connectivity index (χ1n) is 4.96. The fourth-order valence-corrected chi connectivity index (χ4v) is 1.73. The van der Waals surface area contributed by atoms with E-state index < -0.39 is 0 Å². The molecule has 2 rings (SSSR count). The van der Waals surface area contributed by atoms with Crippen LogP contribution in [0.2, 0.25) is 0 Å². The van der Waals surface area contributed by atoms with Gasteiger partial charge in [0.05, 0.1) is 5.69 Å². The maximum atomic E-state index is 5.37. The molecule has 0 aliphatic heterocycles. The molecule has 3 nitrogen and oxygen atoms in total. The minimum Gasteiger partial charge on any atom is -0.448 e. The topological polar surface area (TPSA) is 38.1 Å². The van der Waals surface area contributed by atoms with E-state index in [2.05, 4.69) is 10.3 Å². The van der Waals surface area contributed by atoms with Crippen LogP contribution in [0.15, 0.2) is 10.8 Å². The van der Waals surface area contributed by atoms with Crippen molar-refractivity contribution in [2.24, 2.45) is 5.92 Å². The van der Waals surface area contributed by atoms with Crippen molar-refractivity contribution >= 4 is 0 Å². The minimum absolute atomic E-state index is 0.818. The molecule has 0 saturated heterocycles. The summed E-state index contributed by atoms with van der Waals surface area (Å²) >= 11 is 0. The summed E-state index contributed by atoms with van der Waals surface area (Å²) in [6.45, 7) is 0.818. The lowest BCUT2D eigenvalue weighted by atomic mass is 9.82. The van der Waals surface area contributed by atoms with Gasteiger partial charge < -0.3 is 9.73 Å². The van der Waals surface area contributed by atoms with E-state index in [0.717, 1.165) is 30.3 Å². The zero-order valence-corrected chi connectivity index (χ0v) is 8.05. The molecule has 1 fully saturated rings. The normalized spacial score (nSPS) is 17.3. The van der Waals surface area contributed by atoms with E-state index >= 15 is 0 Å². The first-order chi connectivity index (χ1) is 6.40. The summed E-state index contributed by atoms with van der Waals surface area (Å²) in [6, 6.07) is 0. The van der Waals surface area contributed by atoms with E-state index in [1.165, 1.54) is 19.3 Å². The van der Waals surface area contributed by atoms with Gasteiger partial charge in [0.15, 0.2) is 6.39 Å². The second-order valence-corrected chi connectivity index (χ2v) is 3.75. The van der Waals surface area contributed by atoms with Gasteiger partial charge in [-0.25, -0.2) is 4.98 Å². The molecule has 0 spiro atoms. The number of nitrogens with one attached hydrogen (secondary N) is 1. The van der Waals surface area contributed by atoms with Crippen molar-refractivity contribution in [3.63, 3.8) is 0 Å². The highest BCUT2D eigenvalue weighted by molar-refractivity contribution is 5.08. The van der Waals surface area contributed by atoms with Crippen molar-refractivity contribution in [2.75, 3.05) is 7.05 Å². The molecule has 1 heterocycles. The molecule has 0 radical (unpaired) electrons. The van der Waals surface area contributed by atoms with E-state index in [9.17, 15) is 0 Å². The van der Waals surface area contributed by atoms with Gasteiger partial charge in [-0.15, -0.1) is 0 Å². The van der Waals surface area contributed by atoms with Crippen molar-refractivity contribution in [1.29, 1.82) is 0 Å². The summed E-state index contributed by atoms with van der Waals surface area (Å²) in [6.07, 6.45) is 6.75. The third-order valence-corrected chi connectivity index (χ3v) is 2.77. The molecule has 0 bridgehead atoms. The molecule has 0 unspecified atom stereocenters. The predicted octanol–water partition coefficient (Wildman–Crippen LogP) is 1.74. The lowest BCUT2D eigenvalue weighted by Crippen LogP contribution is -2.15. The van der Waals surface area contributed by atoms with Gasteiger partial charge in [0.2, 0.25) is 0 Å². The van der Waals surface area contributed by atoms with Crippen LogP contribution in [-0.4, -0.2) is 12.0 Å². The lowest BCUT2D eigenvalue weighted by Gasteiger charge is -2.24. The Hall–Kier alpha value is -0.830. The van der Waals surface area contributed by atoms with E-state index in [0.29, 0.717) is 0 Å². The van der Waals surface area contributed by atoms with Crippen LogP contribution in [0.3, 0.4) is 0 Å². The van der Waals surface area contributed by atoms with Gasteiger partial charge in [-0.05, 0) is 13.0 Å². The van der Waals surface area contributed by atoms with Crippen LogP contribution < -0.4 is 5.32 Å². The molecular formula is C10H16N2O. The van der Waals surface area contributed by atoms with Gasteiger partial charge in [-0.2, -0.15) is 0 Å². The Labute approximate surface area is 78.5 Å². The molecule has 1 saturated carbocycles. The smallest absolute Gasteiger partial charge is 0.181 e. The van der Waals surface area contributed by atoms with Crippen LogP contribution in [0.5, 0.6) is 0 Å². The average molecular weight is 180 g/mol. The number of nitrogens with zero attached hydrogens (tertiary/aromatic N) is 1. The molecule has 1 aromatic heterocycles. The minimum atomic E-state index is 0.818. The molecule has 0 atom stereocenters. The standard InChI is InChI=1S/C10H16N2O/c1-11-6-9-10(13-7-12-9)5-8-3-2-4-8/h7-8,11H,2-6H2,1H3. The SMILES string of the molecule is CNCc1ncoc1CC1CCC1. The first-order valence-corrected chi connectivity index (χ1v) is 4.96. The van der Waals surface area contributed by atoms with E-state index in [1.54, 1.807) is 6.39 Å². The van der Waals surface area contributed by atoms with Crippen molar-refractivity contribution in [3.05, 3.63) is 17.8 Å². The fraction of sp³-hybridized carbons (Fsp3) is 0.700. The summed E-state index contributed by atoms with van der Waals surface area (Å²) < 4.78 is 5.37. The van der Waals surface area contributed by atoms with Gasteiger partial charge in [0, 0.05) is 13.0 Å². The van der Waals surface area contributed by atoms with Crippen molar-refractivity contribution in [1.82, 2.24) is 10.3 Å². The van der Waals surface area contributed by atoms with Crippen molar-refractivity contribution < 1.29 is 4.42 Å². The molecule has 3 heteroatoms. The zero-order valence-electron chi connectivity index (χ0n) is 8.05. The molecule has 0 amide bonds. The summed E-state index contributed by atoms with van der Waals surface area (Å²) in [5, 5.41) is 3.10. The largest absolute Gasteiger partial charge is 0.448 e. The fourth-order valence-electron chi connectivity index (χ4n) is 1.73. The Morgan fingerprint density at radius 1 is 1.62 bits per heavy atom. The molecule has 1 N–H and O–H groups in total. The number of hydrogen-bond donors (Lipinski definition) is 1. The van der Waals surface area contributed by atoms with Crippen molar-refractivity contribution in [3.8, 4) is 0 Å². The Kier molecular flexibility index (Phi) is 2.64. The van der Waals surface area contributed by atoms with Crippen molar-refractivity contribution in [2.45, 2.75) is 32.2 Å². The van der Waals surface area contributed by atoms with Gasteiger partial charge in [0.1, 0.15) is 5.76 Å². The Bertz CT molecular complexity index is 266. The average Bonchev–Trinajstić information content (AvgIpc) is 2.46. The van der Waals surface area contributed by atoms with Crippen LogP contribution in [-0.2, 0) is 13.0 Å². The van der Waals surface area contributed by atoms with Crippen LogP contribution >= 0.6 is 0 Å². The molecule has 0 aromatic carbocycles. The zero-order chi connectivity index (χ0) is 9.10. The molecule has 72 valence electrons. The second-order valence-electron chi connectivity index (χ2n) is 3.75. The van der Waals surface area contributed by atoms with Gasteiger partial charge in [-0.3, -0.25) is 0 Å². The molecular weight excluding hydrogens is 164 g/mol. The van der Waals surface area contributed by atoms with E-state index in [1.807, 2.05) is 7.05 Å². The van der Waals surface area contributed by atoms with Crippen LogP contribution in [0.25, 0.3) is 0 Å². The molecule has 1 aliphatic carbocycles. The molecule has 13 heavy (non-hydrogen) atoms. The summed E-state index contributed by atoms with van der Waals surface area (Å²) in [5.74, 6) is 1.93. The number of oxazole rings is 1. The van der Waals surface area contributed by atoms with E-state index in [-0.39, 0.29) is 0 Å². The van der Waals surface area contributed by atoms with Crippen LogP contribution in [0.1, 0.15) is 30.7 Å². The highest BCUT2D eigenvalue weighted by Crippen LogP contribution is 2.30. The summed E-state index contributed by atoms with van der Waals surface area (Å²) in [7, 11) is 1.93. The van der Waals surface area contributed by atoms with Crippen LogP contribution in [0.4, 0.5) is 0 Å².